The molecule has 4 heteroatoms. The highest BCUT2D eigenvalue weighted by Gasteiger charge is 2.13. The summed E-state index contributed by atoms with van der Waals surface area (Å²) in [5.74, 6) is 2.68. The van der Waals surface area contributed by atoms with Crippen LogP contribution in [0, 0.1) is 6.92 Å². The minimum atomic E-state index is 0.590. The third-order valence-electron chi connectivity index (χ3n) is 3.23. The molecule has 0 saturated carbocycles. The van der Waals surface area contributed by atoms with Gasteiger partial charge in [0, 0.05) is 6.54 Å². The second kappa shape index (κ2) is 6.99. The summed E-state index contributed by atoms with van der Waals surface area (Å²) in [5, 5.41) is 3.13. The zero-order valence-corrected chi connectivity index (χ0v) is 12.9. The van der Waals surface area contributed by atoms with E-state index in [9.17, 15) is 0 Å². The van der Waals surface area contributed by atoms with Crippen molar-refractivity contribution in [1.29, 1.82) is 0 Å². The molecule has 1 N–H and O–H groups in total. The summed E-state index contributed by atoms with van der Waals surface area (Å²) in [5.41, 5.74) is 2.22. The maximum Gasteiger partial charge on any atom is 0.211 e. The lowest BCUT2D eigenvalue weighted by Gasteiger charge is -2.16. The van der Waals surface area contributed by atoms with Gasteiger partial charge >= 0.3 is 0 Å². The number of hydrogen-bond donors (Lipinski definition) is 1. The molecule has 0 radical (unpaired) electrons. The van der Waals surface area contributed by atoms with Gasteiger partial charge in [-0.1, -0.05) is 18.2 Å². The van der Waals surface area contributed by atoms with Crippen molar-refractivity contribution in [2.24, 2.45) is 0 Å². The molecule has 0 bridgehead atoms. The summed E-state index contributed by atoms with van der Waals surface area (Å²) in [4.78, 5) is 0. The van der Waals surface area contributed by atoms with E-state index in [1.54, 1.807) is 14.2 Å². The largest absolute Gasteiger partial charge is 0.493 e. The van der Waals surface area contributed by atoms with E-state index in [-0.39, 0.29) is 0 Å². The first-order chi connectivity index (χ1) is 10.2. The lowest BCUT2D eigenvalue weighted by molar-refractivity contribution is 0.345. The van der Waals surface area contributed by atoms with Crippen LogP contribution in [0.15, 0.2) is 36.4 Å². The molecule has 0 fully saturated rings. The minimum Gasteiger partial charge on any atom is -0.493 e. The molecule has 0 saturated heterocycles. The molecule has 0 unspecified atom stereocenters. The molecule has 0 aromatic heterocycles. The number of methoxy groups -OCH3 is 2. The minimum absolute atomic E-state index is 0.590. The van der Waals surface area contributed by atoms with Crippen molar-refractivity contribution in [1.82, 2.24) is 5.32 Å². The van der Waals surface area contributed by atoms with Crippen molar-refractivity contribution in [3.8, 4) is 23.0 Å². The maximum absolute atomic E-state index is 6.06. The Morgan fingerprint density at radius 3 is 2.19 bits per heavy atom. The van der Waals surface area contributed by atoms with Gasteiger partial charge in [0.15, 0.2) is 11.5 Å². The molecule has 4 nitrogen and oxygen atoms in total. The SMILES string of the molecule is CNCc1ccc(C)c(Oc2c(OC)cccc2OC)c1. The highest BCUT2D eigenvalue weighted by atomic mass is 16.5. The average molecular weight is 287 g/mol. The Balaban J connectivity index is 2.39. The number of aryl methyl sites for hydroxylation is 1. The summed E-state index contributed by atoms with van der Waals surface area (Å²) < 4.78 is 16.8. The van der Waals surface area contributed by atoms with Crippen LogP contribution in [0.1, 0.15) is 11.1 Å². The van der Waals surface area contributed by atoms with Gasteiger partial charge in [0.1, 0.15) is 5.75 Å². The molecule has 2 aromatic carbocycles. The second-order valence-corrected chi connectivity index (χ2v) is 4.72. The third-order valence-corrected chi connectivity index (χ3v) is 3.23. The molecule has 0 aliphatic heterocycles. The molecule has 21 heavy (non-hydrogen) atoms. The van der Waals surface area contributed by atoms with Gasteiger partial charge in [0.2, 0.25) is 5.75 Å². The van der Waals surface area contributed by atoms with Gasteiger partial charge in [-0.2, -0.15) is 0 Å². The topological polar surface area (TPSA) is 39.7 Å². The Labute approximate surface area is 125 Å². The second-order valence-electron chi connectivity index (χ2n) is 4.72. The quantitative estimate of drug-likeness (QED) is 0.882. The van der Waals surface area contributed by atoms with Crippen molar-refractivity contribution in [2.45, 2.75) is 13.5 Å². The highest BCUT2D eigenvalue weighted by molar-refractivity contribution is 5.54. The molecule has 112 valence electrons. The monoisotopic (exact) mass is 287 g/mol. The Hall–Kier alpha value is -2.20. The van der Waals surface area contributed by atoms with Crippen molar-refractivity contribution in [2.75, 3.05) is 21.3 Å². The van der Waals surface area contributed by atoms with Crippen LogP contribution in [0.4, 0.5) is 0 Å². The average Bonchev–Trinajstić information content (AvgIpc) is 2.51. The van der Waals surface area contributed by atoms with Crippen molar-refractivity contribution >= 4 is 0 Å². The van der Waals surface area contributed by atoms with Crippen LogP contribution in [0.25, 0.3) is 0 Å². The van der Waals surface area contributed by atoms with Crippen molar-refractivity contribution < 1.29 is 14.2 Å². The fraction of sp³-hybridized carbons (Fsp3) is 0.294. The summed E-state index contributed by atoms with van der Waals surface area (Å²) in [6, 6.07) is 11.7. The van der Waals surface area contributed by atoms with Crippen LogP contribution in [0.2, 0.25) is 0 Å². The van der Waals surface area contributed by atoms with Gasteiger partial charge in [-0.05, 0) is 43.3 Å². The normalized spacial score (nSPS) is 10.3. The van der Waals surface area contributed by atoms with E-state index in [4.69, 9.17) is 14.2 Å². The predicted molar refractivity (Wildman–Crippen MR) is 83.6 cm³/mol. The van der Waals surface area contributed by atoms with E-state index in [2.05, 4.69) is 11.4 Å². The first kappa shape index (κ1) is 15.2. The van der Waals surface area contributed by atoms with Crippen LogP contribution in [0.5, 0.6) is 23.0 Å². The molecule has 0 aliphatic rings. The summed E-state index contributed by atoms with van der Waals surface area (Å²) in [6.45, 7) is 2.81. The standard InChI is InChI=1S/C17H21NO3/c1-12-8-9-13(11-18-2)10-16(12)21-17-14(19-3)6-5-7-15(17)20-4/h5-10,18H,11H2,1-4H3. The fourth-order valence-corrected chi connectivity index (χ4v) is 2.10. The Kier molecular flexibility index (Phi) is 5.06. The number of ether oxygens (including phenoxy) is 3. The van der Waals surface area contributed by atoms with Crippen molar-refractivity contribution in [3.05, 3.63) is 47.5 Å². The Morgan fingerprint density at radius 1 is 0.952 bits per heavy atom. The highest BCUT2D eigenvalue weighted by Crippen LogP contribution is 2.40. The van der Waals surface area contributed by atoms with Crippen LogP contribution in [-0.2, 0) is 6.54 Å². The Morgan fingerprint density at radius 2 is 1.62 bits per heavy atom. The first-order valence-electron chi connectivity index (χ1n) is 6.82. The van der Waals surface area contributed by atoms with Gasteiger partial charge in [-0.3, -0.25) is 0 Å². The molecular formula is C17H21NO3. The van der Waals surface area contributed by atoms with E-state index >= 15 is 0 Å². The molecule has 2 aromatic rings. The molecule has 0 atom stereocenters. The predicted octanol–water partition coefficient (Wildman–Crippen LogP) is 3.52. The molecule has 0 aliphatic carbocycles. The maximum atomic E-state index is 6.06. The van der Waals surface area contributed by atoms with Crippen LogP contribution in [-0.4, -0.2) is 21.3 Å². The number of para-hydroxylation sites is 1. The first-order valence-corrected chi connectivity index (χ1v) is 6.82. The van der Waals surface area contributed by atoms with E-state index in [0.29, 0.717) is 17.2 Å². The smallest absolute Gasteiger partial charge is 0.211 e. The fourth-order valence-electron chi connectivity index (χ4n) is 2.10. The molecule has 2 rings (SSSR count). The molecule has 0 amide bonds. The van der Waals surface area contributed by atoms with Crippen molar-refractivity contribution in [3.63, 3.8) is 0 Å². The Bertz CT molecular complexity index is 589. The van der Waals surface area contributed by atoms with Gasteiger partial charge < -0.3 is 19.5 Å². The lowest BCUT2D eigenvalue weighted by atomic mass is 10.1. The molecular weight excluding hydrogens is 266 g/mol. The van der Waals surface area contributed by atoms with E-state index in [1.165, 1.54) is 0 Å². The van der Waals surface area contributed by atoms with E-state index in [0.717, 1.165) is 23.4 Å². The van der Waals surface area contributed by atoms with E-state index in [1.807, 2.05) is 44.3 Å². The van der Waals surface area contributed by atoms with Crippen LogP contribution in [0.3, 0.4) is 0 Å². The zero-order chi connectivity index (χ0) is 15.2. The number of nitrogens with one attached hydrogen (secondary N) is 1. The number of benzene rings is 2. The van der Waals surface area contributed by atoms with Gasteiger partial charge in [-0.25, -0.2) is 0 Å². The van der Waals surface area contributed by atoms with E-state index < -0.39 is 0 Å². The van der Waals surface area contributed by atoms with Gasteiger partial charge in [0.25, 0.3) is 0 Å². The van der Waals surface area contributed by atoms with Crippen LogP contribution < -0.4 is 19.5 Å². The number of hydrogen-bond acceptors (Lipinski definition) is 4. The lowest BCUT2D eigenvalue weighted by Crippen LogP contribution is -2.05. The summed E-state index contributed by atoms with van der Waals surface area (Å²) >= 11 is 0. The summed E-state index contributed by atoms with van der Waals surface area (Å²) in [7, 11) is 5.15. The summed E-state index contributed by atoms with van der Waals surface area (Å²) in [6.07, 6.45) is 0. The van der Waals surface area contributed by atoms with Crippen LogP contribution >= 0.6 is 0 Å². The zero-order valence-electron chi connectivity index (χ0n) is 12.9. The molecule has 0 spiro atoms. The molecule has 0 heterocycles. The third kappa shape index (κ3) is 3.47. The van der Waals surface area contributed by atoms with Gasteiger partial charge in [0.05, 0.1) is 14.2 Å². The van der Waals surface area contributed by atoms with Gasteiger partial charge in [-0.15, -0.1) is 0 Å². The number of rotatable bonds is 6.